The number of carbonyl (C=O) groups is 1. The van der Waals surface area contributed by atoms with Crippen molar-refractivity contribution >= 4 is 5.97 Å². The van der Waals surface area contributed by atoms with E-state index in [4.69, 9.17) is 9.57 Å². The molecule has 1 aromatic rings. The normalized spacial score (nSPS) is 9.88. The average Bonchev–Trinajstić information content (AvgIpc) is 2.34. The topological polar surface area (TPSA) is 56.8 Å². The molecule has 0 unspecified atom stereocenters. The van der Waals surface area contributed by atoms with Gasteiger partial charge in [0, 0.05) is 7.05 Å². The largest absolute Gasteiger partial charge is 0.482 e. The van der Waals surface area contributed by atoms with Crippen LogP contribution in [0.25, 0.3) is 0 Å². The number of hydroxylamine groups is 1. The molecular weight excluding hydrogens is 210 g/mol. The van der Waals surface area contributed by atoms with Gasteiger partial charge < -0.3 is 9.47 Å². The lowest BCUT2D eigenvalue weighted by Gasteiger charge is -2.07. The average molecular weight is 225 g/mol. The van der Waals surface area contributed by atoms with Crippen LogP contribution in [0.5, 0.6) is 5.75 Å². The van der Waals surface area contributed by atoms with Crippen molar-refractivity contribution in [2.45, 2.75) is 6.61 Å². The Bertz CT molecular complexity index is 341. The zero-order valence-corrected chi connectivity index (χ0v) is 9.36. The second-order valence-electron chi connectivity index (χ2n) is 3.01. The molecule has 16 heavy (non-hydrogen) atoms. The van der Waals surface area contributed by atoms with Crippen LogP contribution in [0.3, 0.4) is 0 Å². The van der Waals surface area contributed by atoms with E-state index >= 15 is 0 Å². The highest BCUT2D eigenvalue weighted by Gasteiger charge is 2.02. The predicted octanol–water partition coefficient (Wildman–Crippen LogP) is 0.889. The summed E-state index contributed by atoms with van der Waals surface area (Å²) >= 11 is 0. The fraction of sp³-hybridized carbons (Fsp3) is 0.364. The number of hydrogen-bond donors (Lipinski definition) is 1. The molecule has 0 radical (unpaired) electrons. The molecule has 1 rings (SSSR count). The quantitative estimate of drug-likeness (QED) is 0.575. The van der Waals surface area contributed by atoms with Gasteiger partial charge in [-0.3, -0.25) is 4.84 Å². The van der Waals surface area contributed by atoms with Crippen molar-refractivity contribution in [2.75, 3.05) is 20.8 Å². The predicted molar refractivity (Wildman–Crippen MR) is 57.8 cm³/mol. The van der Waals surface area contributed by atoms with Crippen LogP contribution in [-0.4, -0.2) is 26.7 Å². The van der Waals surface area contributed by atoms with Crippen LogP contribution in [0, 0.1) is 0 Å². The van der Waals surface area contributed by atoms with Crippen LogP contribution < -0.4 is 10.2 Å². The van der Waals surface area contributed by atoms with Gasteiger partial charge in [-0.25, -0.2) is 10.3 Å². The molecule has 0 saturated carbocycles. The maximum Gasteiger partial charge on any atom is 0.343 e. The van der Waals surface area contributed by atoms with Crippen LogP contribution in [-0.2, 0) is 21.0 Å². The molecule has 0 atom stereocenters. The first kappa shape index (κ1) is 12.5. The minimum absolute atomic E-state index is 0.0904. The van der Waals surface area contributed by atoms with Crippen molar-refractivity contribution in [3.05, 3.63) is 29.8 Å². The fourth-order valence-electron chi connectivity index (χ4n) is 1.08. The SMILES string of the molecule is CNOCc1cccc(OCC(=O)OC)c1. The number of esters is 1. The van der Waals surface area contributed by atoms with Crippen LogP contribution in [0.4, 0.5) is 0 Å². The molecular formula is C11H15NO4. The molecule has 0 bridgehead atoms. The van der Waals surface area contributed by atoms with Gasteiger partial charge >= 0.3 is 5.97 Å². The second-order valence-corrected chi connectivity index (χ2v) is 3.01. The number of benzene rings is 1. The van der Waals surface area contributed by atoms with Crippen LogP contribution in [0.1, 0.15) is 5.56 Å². The Hall–Kier alpha value is -1.59. The molecule has 5 heteroatoms. The summed E-state index contributed by atoms with van der Waals surface area (Å²) in [6, 6.07) is 7.31. The summed E-state index contributed by atoms with van der Waals surface area (Å²) in [5.74, 6) is 0.208. The van der Waals surface area contributed by atoms with Crippen LogP contribution in [0.15, 0.2) is 24.3 Å². The highest BCUT2D eigenvalue weighted by atomic mass is 16.6. The van der Waals surface area contributed by atoms with Gasteiger partial charge in [0.05, 0.1) is 13.7 Å². The maximum absolute atomic E-state index is 10.9. The van der Waals surface area contributed by atoms with E-state index in [1.54, 1.807) is 19.2 Å². The summed E-state index contributed by atoms with van der Waals surface area (Å²) in [6.07, 6.45) is 0. The molecule has 88 valence electrons. The van der Waals surface area contributed by atoms with E-state index in [0.29, 0.717) is 12.4 Å². The van der Waals surface area contributed by atoms with Gasteiger partial charge in [-0.15, -0.1) is 0 Å². The molecule has 0 aromatic heterocycles. The molecule has 0 saturated heterocycles. The van der Waals surface area contributed by atoms with E-state index in [1.807, 2.05) is 12.1 Å². The molecule has 0 heterocycles. The van der Waals surface area contributed by atoms with Gasteiger partial charge in [0.2, 0.25) is 0 Å². The summed E-state index contributed by atoms with van der Waals surface area (Å²) in [5, 5.41) is 0. The first-order valence-corrected chi connectivity index (χ1v) is 4.83. The molecule has 0 spiro atoms. The van der Waals surface area contributed by atoms with E-state index in [-0.39, 0.29) is 6.61 Å². The van der Waals surface area contributed by atoms with Gasteiger partial charge in [-0.05, 0) is 17.7 Å². The molecule has 1 N–H and O–H groups in total. The van der Waals surface area contributed by atoms with Crippen molar-refractivity contribution in [3.8, 4) is 5.75 Å². The molecule has 0 aliphatic carbocycles. The molecule has 0 aliphatic heterocycles. The summed E-state index contributed by atoms with van der Waals surface area (Å²) in [4.78, 5) is 15.9. The summed E-state index contributed by atoms with van der Waals surface area (Å²) in [6.45, 7) is 0.346. The lowest BCUT2D eigenvalue weighted by molar-refractivity contribution is -0.142. The van der Waals surface area contributed by atoms with Crippen molar-refractivity contribution in [2.24, 2.45) is 0 Å². The minimum Gasteiger partial charge on any atom is -0.482 e. The summed E-state index contributed by atoms with van der Waals surface area (Å²) < 4.78 is 9.70. The zero-order chi connectivity index (χ0) is 11.8. The van der Waals surface area contributed by atoms with Crippen LogP contribution >= 0.6 is 0 Å². The van der Waals surface area contributed by atoms with Gasteiger partial charge in [0.15, 0.2) is 6.61 Å². The Morgan fingerprint density at radius 3 is 2.94 bits per heavy atom. The second kappa shape index (κ2) is 6.81. The van der Waals surface area contributed by atoms with Gasteiger partial charge in [0.25, 0.3) is 0 Å². The Balaban J connectivity index is 2.50. The van der Waals surface area contributed by atoms with E-state index in [1.165, 1.54) is 7.11 Å². The van der Waals surface area contributed by atoms with Crippen molar-refractivity contribution < 1.29 is 19.1 Å². The third-order valence-corrected chi connectivity index (χ3v) is 1.87. The molecule has 0 amide bonds. The van der Waals surface area contributed by atoms with E-state index < -0.39 is 5.97 Å². The Kier molecular flexibility index (Phi) is 5.31. The highest BCUT2D eigenvalue weighted by molar-refractivity contribution is 5.70. The fourth-order valence-corrected chi connectivity index (χ4v) is 1.08. The Morgan fingerprint density at radius 1 is 1.44 bits per heavy atom. The lowest BCUT2D eigenvalue weighted by atomic mass is 10.2. The monoisotopic (exact) mass is 225 g/mol. The summed E-state index contributed by atoms with van der Waals surface area (Å²) in [5.41, 5.74) is 3.54. The van der Waals surface area contributed by atoms with Crippen molar-refractivity contribution in [1.29, 1.82) is 0 Å². The lowest BCUT2D eigenvalue weighted by Crippen LogP contribution is -2.12. The molecule has 1 aromatic carbocycles. The van der Waals surface area contributed by atoms with E-state index in [0.717, 1.165) is 5.56 Å². The zero-order valence-electron chi connectivity index (χ0n) is 9.36. The maximum atomic E-state index is 10.9. The molecule has 0 fully saturated rings. The summed E-state index contributed by atoms with van der Waals surface area (Å²) in [7, 11) is 3.01. The minimum atomic E-state index is -0.406. The number of nitrogens with one attached hydrogen (secondary N) is 1. The van der Waals surface area contributed by atoms with E-state index in [2.05, 4.69) is 10.2 Å². The number of carbonyl (C=O) groups excluding carboxylic acids is 1. The number of ether oxygens (including phenoxy) is 2. The first-order chi connectivity index (χ1) is 7.76. The number of rotatable bonds is 6. The Morgan fingerprint density at radius 2 is 2.25 bits per heavy atom. The highest BCUT2D eigenvalue weighted by Crippen LogP contribution is 2.13. The third kappa shape index (κ3) is 4.29. The number of methoxy groups -OCH3 is 1. The Labute approximate surface area is 94.3 Å². The van der Waals surface area contributed by atoms with Crippen molar-refractivity contribution in [1.82, 2.24) is 5.48 Å². The van der Waals surface area contributed by atoms with Crippen molar-refractivity contribution in [3.63, 3.8) is 0 Å². The van der Waals surface area contributed by atoms with Crippen LogP contribution in [0.2, 0.25) is 0 Å². The van der Waals surface area contributed by atoms with Gasteiger partial charge in [-0.2, -0.15) is 0 Å². The molecule has 0 aliphatic rings. The third-order valence-electron chi connectivity index (χ3n) is 1.87. The number of hydrogen-bond acceptors (Lipinski definition) is 5. The molecule has 5 nitrogen and oxygen atoms in total. The van der Waals surface area contributed by atoms with Gasteiger partial charge in [-0.1, -0.05) is 12.1 Å². The van der Waals surface area contributed by atoms with E-state index in [9.17, 15) is 4.79 Å². The van der Waals surface area contributed by atoms with Gasteiger partial charge in [0.1, 0.15) is 5.75 Å². The standard InChI is InChI=1S/C11H15NO4/c1-12-16-7-9-4-3-5-10(6-9)15-8-11(13)14-2/h3-6,12H,7-8H2,1-2H3. The smallest absolute Gasteiger partial charge is 0.343 e. The first-order valence-electron chi connectivity index (χ1n) is 4.83.